The quantitative estimate of drug-likeness (QED) is 0.720. The summed E-state index contributed by atoms with van der Waals surface area (Å²) in [6, 6.07) is 8.51. The number of halogens is 1. The molecule has 25 heavy (non-hydrogen) atoms. The third-order valence-electron chi connectivity index (χ3n) is 3.14. The van der Waals surface area contributed by atoms with Crippen molar-refractivity contribution in [2.24, 2.45) is 0 Å². The average Bonchev–Trinajstić information content (AvgIpc) is 2.90. The molecule has 0 aliphatic carbocycles. The van der Waals surface area contributed by atoms with Crippen molar-refractivity contribution in [1.82, 2.24) is 0 Å². The number of aromatic carboxylic acids is 1. The first-order valence-electron chi connectivity index (χ1n) is 7.60. The second-order valence-corrected chi connectivity index (χ2v) is 7.85. The Morgan fingerprint density at radius 2 is 1.88 bits per heavy atom. The van der Waals surface area contributed by atoms with Gasteiger partial charge in [0.2, 0.25) is 0 Å². The molecule has 2 rings (SSSR count). The van der Waals surface area contributed by atoms with E-state index in [1.807, 2.05) is 12.1 Å². The fourth-order valence-electron chi connectivity index (χ4n) is 2.09. The smallest absolute Gasteiger partial charge is 0.352 e. The summed E-state index contributed by atoms with van der Waals surface area (Å²) in [6.45, 7) is 6.99. The van der Waals surface area contributed by atoms with Gasteiger partial charge in [-0.1, -0.05) is 29.8 Å². The van der Waals surface area contributed by atoms with Crippen molar-refractivity contribution in [3.8, 4) is 5.75 Å². The van der Waals surface area contributed by atoms with Crippen LogP contribution in [-0.2, 0) is 4.74 Å². The molecule has 7 heteroatoms. The summed E-state index contributed by atoms with van der Waals surface area (Å²) in [5.41, 5.74) is 0.0400. The summed E-state index contributed by atoms with van der Waals surface area (Å²) in [6.07, 6.45) is -0.467. The Morgan fingerprint density at radius 3 is 2.44 bits per heavy atom. The molecule has 0 aliphatic rings. The minimum absolute atomic E-state index is 0.00205. The largest absolute Gasteiger partial charge is 0.484 e. The predicted molar refractivity (Wildman–Crippen MR) is 96.9 cm³/mol. The predicted octanol–water partition coefficient (Wildman–Crippen LogP) is 5.20. The molecule has 0 amide bonds. The van der Waals surface area contributed by atoms with E-state index in [1.54, 1.807) is 39.8 Å². The maximum absolute atomic E-state index is 12.4. The maximum atomic E-state index is 12.4. The molecule has 0 saturated heterocycles. The average molecular weight is 383 g/mol. The molecule has 0 saturated carbocycles. The lowest BCUT2D eigenvalue weighted by Crippen LogP contribution is -2.23. The van der Waals surface area contributed by atoms with Crippen molar-refractivity contribution in [3.63, 3.8) is 0 Å². The molecule has 1 aromatic heterocycles. The van der Waals surface area contributed by atoms with Crippen LogP contribution in [0.1, 0.15) is 58.7 Å². The normalized spacial score (nSPS) is 12.5. The van der Waals surface area contributed by atoms with E-state index in [0.29, 0.717) is 5.02 Å². The molecule has 5 nitrogen and oxygen atoms in total. The van der Waals surface area contributed by atoms with Crippen molar-refractivity contribution in [3.05, 3.63) is 50.7 Å². The highest BCUT2D eigenvalue weighted by Gasteiger charge is 2.27. The number of benzene rings is 1. The Bertz CT molecular complexity index is 791. The number of hydrogen-bond acceptors (Lipinski definition) is 5. The van der Waals surface area contributed by atoms with Gasteiger partial charge >= 0.3 is 11.9 Å². The first-order valence-corrected chi connectivity index (χ1v) is 8.79. The number of carbonyl (C=O) groups is 2. The fraction of sp³-hybridized carbons (Fsp3) is 0.333. The van der Waals surface area contributed by atoms with Gasteiger partial charge in [-0.15, -0.1) is 11.3 Å². The van der Waals surface area contributed by atoms with Gasteiger partial charge in [-0.25, -0.2) is 9.59 Å². The van der Waals surface area contributed by atoms with Gasteiger partial charge < -0.3 is 14.6 Å². The highest BCUT2D eigenvalue weighted by Crippen LogP contribution is 2.35. The van der Waals surface area contributed by atoms with Crippen molar-refractivity contribution in [1.29, 1.82) is 0 Å². The molecule has 1 heterocycles. The molecule has 0 fully saturated rings. The lowest BCUT2D eigenvalue weighted by Gasteiger charge is -2.20. The Kier molecular flexibility index (Phi) is 5.75. The van der Waals surface area contributed by atoms with Crippen LogP contribution in [0.4, 0.5) is 0 Å². The van der Waals surface area contributed by atoms with Crippen LogP contribution in [0.3, 0.4) is 0 Å². The lowest BCUT2D eigenvalue weighted by molar-refractivity contribution is 0.00704. The minimum Gasteiger partial charge on any atom is -0.484 e. The number of thiophene rings is 1. The Balaban J connectivity index is 2.34. The molecule has 0 aliphatic heterocycles. The first kappa shape index (κ1) is 19.3. The van der Waals surface area contributed by atoms with Crippen LogP contribution in [0.5, 0.6) is 5.75 Å². The molecular formula is C18H19ClO5S. The summed E-state index contributed by atoms with van der Waals surface area (Å²) in [5.74, 6) is -1.58. The molecule has 2 aromatic rings. The molecule has 1 aromatic carbocycles. The van der Waals surface area contributed by atoms with Gasteiger partial charge in [-0.2, -0.15) is 0 Å². The number of hydrogen-bond donors (Lipinski definition) is 1. The molecule has 0 unspecified atom stereocenters. The van der Waals surface area contributed by atoms with E-state index < -0.39 is 23.6 Å². The monoisotopic (exact) mass is 382 g/mol. The third-order valence-corrected chi connectivity index (χ3v) is 4.57. The molecule has 0 bridgehead atoms. The van der Waals surface area contributed by atoms with Crippen LogP contribution in [0.15, 0.2) is 30.3 Å². The highest BCUT2D eigenvalue weighted by molar-refractivity contribution is 7.16. The van der Waals surface area contributed by atoms with Gasteiger partial charge in [0.05, 0.1) is 0 Å². The summed E-state index contributed by atoms with van der Waals surface area (Å²) < 4.78 is 11.2. The van der Waals surface area contributed by atoms with Gasteiger partial charge in [-0.3, -0.25) is 0 Å². The second-order valence-electron chi connectivity index (χ2n) is 6.39. The van der Waals surface area contributed by atoms with Gasteiger partial charge in [-0.05, 0) is 33.8 Å². The van der Waals surface area contributed by atoms with E-state index in [1.165, 1.54) is 6.07 Å². The third kappa shape index (κ3) is 4.96. The molecule has 1 N–H and O–H groups in total. The van der Waals surface area contributed by atoms with Crippen LogP contribution >= 0.6 is 22.9 Å². The van der Waals surface area contributed by atoms with Crippen molar-refractivity contribution in [2.75, 3.05) is 0 Å². The summed E-state index contributed by atoms with van der Waals surface area (Å²) >= 11 is 6.99. The number of ether oxygens (including phenoxy) is 2. The van der Waals surface area contributed by atoms with Gasteiger partial charge in [0.25, 0.3) is 0 Å². The topological polar surface area (TPSA) is 72.8 Å². The van der Waals surface area contributed by atoms with Crippen LogP contribution in [0.2, 0.25) is 5.02 Å². The van der Waals surface area contributed by atoms with Crippen molar-refractivity contribution in [2.45, 2.75) is 39.4 Å². The Hall–Kier alpha value is -2.05. The molecule has 0 radical (unpaired) electrons. The maximum Gasteiger partial charge on any atom is 0.352 e. The van der Waals surface area contributed by atoms with E-state index in [4.69, 9.17) is 21.1 Å². The first-order chi connectivity index (χ1) is 11.6. The van der Waals surface area contributed by atoms with E-state index >= 15 is 0 Å². The summed E-state index contributed by atoms with van der Waals surface area (Å²) in [5, 5.41) is 9.74. The van der Waals surface area contributed by atoms with Gasteiger partial charge in [0.15, 0.2) is 4.88 Å². The lowest BCUT2D eigenvalue weighted by atomic mass is 10.1. The SMILES string of the molecule is C[C@@H](Oc1cc(C(=O)O)sc1C(=O)OC(C)(C)C)c1ccccc1Cl. The van der Waals surface area contributed by atoms with Crippen LogP contribution in [0.25, 0.3) is 0 Å². The molecule has 1 atom stereocenters. The zero-order chi connectivity index (χ0) is 18.8. The summed E-state index contributed by atoms with van der Waals surface area (Å²) in [7, 11) is 0. The molecule has 134 valence electrons. The molecule has 0 spiro atoms. The molecular weight excluding hydrogens is 364 g/mol. The number of carboxylic acid groups (broad SMARTS) is 1. The Morgan fingerprint density at radius 1 is 1.24 bits per heavy atom. The Labute approximate surface area is 155 Å². The zero-order valence-electron chi connectivity index (χ0n) is 14.3. The number of rotatable bonds is 5. The fourth-order valence-corrected chi connectivity index (χ4v) is 3.19. The number of esters is 1. The van der Waals surface area contributed by atoms with E-state index in [0.717, 1.165) is 16.9 Å². The number of carboxylic acids is 1. The van der Waals surface area contributed by atoms with Gasteiger partial charge in [0, 0.05) is 16.7 Å². The van der Waals surface area contributed by atoms with Crippen LogP contribution in [-0.4, -0.2) is 22.6 Å². The van der Waals surface area contributed by atoms with Crippen LogP contribution < -0.4 is 4.74 Å². The summed E-state index contributed by atoms with van der Waals surface area (Å²) in [4.78, 5) is 23.8. The standard InChI is InChI=1S/C18H19ClO5S/c1-10(11-7-5-6-8-12(11)19)23-13-9-14(16(20)21)25-15(13)17(22)24-18(2,3)4/h5-10H,1-4H3,(H,20,21)/t10-/m1/s1. The van der Waals surface area contributed by atoms with Crippen molar-refractivity contribution < 1.29 is 24.2 Å². The minimum atomic E-state index is -1.13. The van der Waals surface area contributed by atoms with Gasteiger partial charge in [0.1, 0.15) is 22.3 Å². The zero-order valence-corrected chi connectivity index (χ0v) is 15.9. The highest BCUT2D eigenvalue weighted by atomic mass is 35.5. The van der Waals surface area contributed by atoms with Crippen LogP contribution in [0, 0.1) is 0 Å². The van der Waals surface area contributed by atoms with E-state index in [9.17, 15) is 14.7 Å². The second kappa shape index (κ2) is 7.45. The van der Waals surface area contributed by atoms with Crippen molar-refractivity contribution >= 4 is 34.9 Å². The number of carbonyl (C=O) groups excluding carboxylic acids is 1. The van der Waals surface area contributed by atoms with E-state index in [2.05, 4.69) is 0 Å². The van der Waals surface area contributed by atoms with E-state index in [-0.39, 0.29) is 15.5 Å².